The van der Waals surface area contributed by atoms with Gasteiger partial charge in [0.05, 0.1) is 0 Å². The van der Waals surface area contributed by atoms with Gasteiger partial charge in [0.1, 0.15) is 0 Å². The van der Waals surface area contributed by atoms with Crippen LogP contribution in [0.25, 0.3) is 0 Å². The molecule has 0 nitrogen and oxygen atoms in total. The largest absolute Gasteiger partial charge is 0.0715 e. The van der Waals surface area contributed by atoms with Gasteiger partial charge < -0.3 is 0 Å². The Balaban J connectivity index is 2.69. The lowest BCUT2D eigenvalue weighted by molar-refractivity contribution is 0.847. The quantitative estimate of drug-likeness (QED) is 0.590. The van der Waals surface area contributed by atoms with E-state index < -0.39 is 15.2 Å². The van der Waals surface area contributed by atoms with Crippen LogP contribution in [0.3, 0.4) is 0 Å². The zero-order valence-electron chi connectivity index (χ0n) is 9.41. The summed E-state index contributed by atoms with van der Waals surface area (Å²) in [6.45, 7) is 13.0. The second kappa shape index (κ2) is 3.30. The van der Waals surface area contributed by atoms with Gasteiger partial charge in [-0.25, -0.2) is 0 Å². The maximum absolute atomic E-state index is 2.65. The van der Waals surface area contributed by atoms with Gasteiger partial charge in [-0.2, -0.15) is 0 Å². The maximum Gasteiger partial charge on any atom is 0.0440 e. The molecule has 0 N–H and O–H groups in total. The highest BCUT2D eigenvalue weighted by Crippen LogP contribution is 2.42. The summed E-state index contributed by atoms with van der Waals surface area (Å²) in [5, 5.41) is 0. The fourth-order valence-electron chi connectivity index (χ4n) is 2.26. The van der Waals surface area contributed by atoms with Crippen LogP contribution >= 0.6 is 0 Å². The van der Waals surface area contributed by atoms with E-state index in [0.29, 0.717) is 0 Å². The first kappa shape index (κ1) is 10.5. The van der Waals surface area contributed by atoms with Crippen molar-refractivity contribution in [3.63, 3.8) is 0 Å². The van der Waals surface area contributed by atoms with Gasteiger partial charge in [0.25, 0.3) is 0 Å². The van der Waals surface area contributed by atoms with E-state index in [1.807, 2.05) is 0 Å². The summed E-state index contributed by atoms with van der Waals surface area (Å²) in [6.07, 6.45) is 6.16. The van der Waals surface area contributed by atoms with Crippen molar-refractivity contribution in [3.8, 4) is 0 Å². The molecule has 0 heterocycles. The minimum atomic E-state index is -0.833. The number of rotatable bonds is 2. The van der Waals surface area contributed by atoms with E-state index >= 15 is 0 Å². The Kier molecular flexibility index (Phi) is 2.89. The summed E-state index contributed by atoms with van der Waals surface area (Å²) in [4.78, 5) is 0. The van der Waals surface area contributed by atoms with Crippen LogP contribution in [-0.4, -0.2) is 15.2 Å². The first-order valence-corrected chi connectivity index (χ1v) is 12.9. The molecule has 0 unspecified atom stereocenters. The van der Waals surface area contributed by atoms with Gasteiger partial charge in [0.15, 0.2) is 0 Å². The zero-order chi connectivity index (χ0) is 9.41. The molecule has 0 aromatic heterocycles. The van der Waals surface area contributed by atoms with Gasteiger partial charge in [-0.05, 0) is 5.54 Å². The van der Waals surface area contributed by atoms with Gasteiger partial charge in [-0.15, -0.1) is 0 Å². The molecule has 72 valence electrons. The second-order valence-corrected chi connectivity index (χ2v) is 23.1. The van der Waals surface area contributed by atoms with Gasteiger partial charge in [0.2, 0.25) is 0 Å². The van der Waals surface area contributed by atoms with Crippen molar-refractivity contribution >= 4 is 15.2 Å². The fourth-order valence-corrected chi connectivity index (χ4v) is 9.88. The van der Waals surface area contributed by atoms with E-state index in [2.05, 4.69) is 32.7 Å². The summed E-state index contributed by atoms with van der Waals surface area (Å²) in [5.74, 6) is 0. The van der Waals surface area contributed by atoms with Crippen molar-refractivity contribution in [3.05, 3.63) is 0 Å². The molecular formula is C10H24Si2. The van der Waals surface area contributed by atoms with E-state index in [1.165, 1.54) is 18.4 Å². The van der Waals surface area contributed by atoms with Crippen LogP contribution in [0.4, 0.5) is 0 Å². The molecule has 0 aromatic carbocycles. The molecule has 1 rings (SSSR count). The van der Waals surface area contributed by atoms with Crippen molar-refractivity contribution in [2.24, 2.45) is 0 Å². The van der Waals surface area contributed by atoms with Gasteiger partial charge in [-0.1, -0.05) is 58.4 Å². The molecule has 0 atom stereocenters. The van der Waals surface area contributed by atoms with E-state index in [9.17, 15) is 0 Å². The molecule has 1 fully saturated rings. The third-order valence-corrected chi connectivity index (χ3v) is 23.6. The third kappa shape index (κ3) is 1.85. The van der Waals surface area contributed by atoms with Crippen LogP contribution in [0.5, 0.6) is 0 Å². The first-order chi connectivity index (χ1) is 5.36. The van der Waals surface area contributed by atoms with Crippen molar-refractivity contribution < 1.29 is 0 Å². The van der Waals surface area contributed by atoms with E-state index in [0.717, 1.165) is 0 Å². The minimum absolute atomic E-state index is 0.811. The molecule has 1 saturated carbocycles. The Morgan fingerprint density at radius 1 is 0.833 bits per heavy atom. The highest BCUT2D eigenvalue weighted by molar-refractivity contribution is 7.40. The van der Waals surface area contributed by atoms with Crippen LogP contribution in [0.2, 0.25) is 38.3 Å². The predicted molar refractivity (Wildman–Crippen MR) is 63.0 cm³/mol. The molecule has 0 spiro atoms. The first-order valence-electron chi connectivity index (χ1n) is 5.36. The minimum Gasteiger partial charge on any atom is -0.0715 e. The van der Waals surface area contributed by atoms with Crippen molar-refractivity contribution in [2.45, 2.75) is 64.0 Å². The van der Waals surface area contributed by atoms with Crippen LogP contribution in [0.1, 0.15) is 25.7 Å². The van der Waals surface area contributed by atoms with Crippen LogP contribution in [0, 0.1) is 0 Å². The highest BCUT2D eigenvalue weighted by atomic mass is 29.3. The third-order valence-electron chi connectivity index (χ3n) is 4.31. The Morgan fingerprint density at radius 3 is 1.58 bits per heavy atom. The molecule has 12 heavy (non-hydrogen) atoms. The van der Waals surface area contributed by atoms with Crippen LogP contribution in [0.15, 0.2) is 0 Å². The van der Waals surface area contributed by atoms with Gasteiger partial charge in [-0.3, -0.25) is 0 Å². The molecule has 0 aromatic rings. The standard InChI is InChI=1S/C10H24Si2/c1-11(2,3)12(4,5)10-8-6-7-9-10/h10H,6-9H2,1-5H3. The van der Waals surface area contributed by atoms with Crippen LogP contribution < -0.4 is 0 Å². The van der Waals surface area contributed by atoms with Crippen molar-refractivity contribution in [1.29, 1.82) is 0 Å². The van der Waals surface area contributed by atoms with E-state index in [-0.39, 0.29) is 0 Å². The number of hydrogen-bond acceptors (Lipinski definition) is 0. The maximum atomic E-state index is 2.65. The van der Waals surface area contributed by atoms with Gasteiger partial charge >= 0.3 is 0 Å². The molecule has 0 aliphatic heterocycles. The lowest BCUT2D eigenvalue weighted by Gasteiger charge is -2.40. The lowest BCUT2D eigenvalue weighted by atomic mass is 10.4. The molecule has 0 amide bonds. The van der Waals surface area contributed by atoms with Crippen molar-refractivity contribution in [1.82, 2.24) is 0 Å². The molecule has 0 saturated heterocycles. The van der Waals surface area contributed by atoms with Gasteiger partial charge in [0, 0.05) is 15.2 Å². The SMILES string of the molecule is C[Si](C)(C)[Si](C)(C)C1CCCC1. The summed E-state index contributed by atoms with van der Waals surface area (Å²) in [5.41, 5.74) is 1.17. The second-order valence-electron chi connectivity index (χ2n) is 5.95. The van der Waals surface area contributed by atoms with Crippen molar-refractivity contribution in [2.75, 3.05) is 0 Å². The Bertz CT molecular complexity index is 150. The van der Waals surface area contributed by atoms with E-state index in [1.54, 1.807) is 12.8 Å². The monoisotopic (exact) mass is 200 g/mol. The normalized spacial score (nSPS) is 21.8. The molecule has 1 aliphatic rings. The van der Waals surface area contributed by atoms with E-state index in [4.69, 9.17) is 0 Å². The average Bonchev–Trinajstić information content (AvgIpc) is 2.34. The number of hydrogen-bond donors (Lipinski definition) is 0. The lowest BCUT2D eigenvalue weighted by Crippen LogP contribution is -2.55. The average molecular weight is 200 g/mol. The summed E-state index contributed by atoms with van der Waals surface area (Å²) in [6, 6.07) is 0. The van der Waals surface area contributed by atoms with Crippen LogP contribution in [-0.2, 0) is 0 Å². The highest BCUT2D eigenvalue weighted by Gasteiger charge is 2.43. The molecule has 0 bridgehead atoms. The summed E-state index contributed by atoms with van der Waals surface area (Å²) in [7, 11) is -1.64. The Labute approximate surface area is 79.6 Å². The Morgan fingerprint density at radius 2 is 1.25 bits per heavy atom. The molecule has 0 radical (unpaired) electrons. The molecule has 1 aliphatic carbocycles. The Hall–Kier alpha value is 0.434. The smallest absolute Gasteiger partial charge is 0.0440 e. The summed E-state index contributed by atoms with van der Waals surface area (Å²) >= 11 is 0. The predicted octanol–water partition coefficient (Wildman–Crippen LogP) is 4.06. The zero-order valence-corrected chi connectivity index (χ0v) is 11.4. The topological polar surface area (TPSA) is 0 Å². The molecule has 2 heteroatoms. The summed E-state index contributed by atoms with van der Waals surface area (Å²) < 4.78 is 0. The molecular weight excluding hydrogens is 176 g/mol. The fraction of sp³-hybridized carbons (Fsp3) is 1.00.